The van der Waals surface area contributed by atoms with Gasteiger partial charge in [-0.3, -0.25) is 14.4 Å². The lowest BCUT2D eigenvalue weighted by molar-refractivity contribution is -0.376. The highest BCUT2D eigenvalue weighted by Gasteiger charge is 2.90. The number of rotatable bonds is 23. The summed E-state index contributed by atoms with van der Waals surface area (Å²) in [5.74, 6) is -6.16. The van der Waals surface area contributed by atoms with Gasteiger partial charge in [-0.1, -0.05) is 128 Å². The number of aliphatic hydroxyl groups excluding tert-OH is 2. The van der Waals surface area contributed by atoms with Crippen molar-refractivity contribution in [1.82, 2.24) is 5.32 Å². The first-order chi connectivity index (χ1) is 38.0. The second kappa shape index (κ2) is 25.4. The number of carbonyl (C=O) groups is 6. The van der Waals surface area contributed by atoms with Crippen LogP contribution in [-0.2, 0) is 47.6 Å². The summed E-state index contributed by atoms with van der Waals surface area (Å²) in [6.07, 6.45) is 20.1. The quantitative estimate of drug-likeness (QED) is 0.0461. The summed E-state index contributed by atoms with van der Waals surface area (Å²) in [7, 11) is 0. The zero-order valence-electron chi connectivity index (χ0n) is 47.3. The maximum atomic E-state index is 15.9. The maximum absolute atomic E-state index is 15.9. The minimum atomic E-state index is -2.35. The SMILES string of the molecule is CC/C=C\C/C=C\C/C=C\C/C=C\C/C=C\C/C=C\CCC(=O)OC1C(=O)[C@@]2(C)C(O)C[C@H]3OC[C@@]3(OC(C)=O)[C@H]2[C@H](OC(=O)c2ccccc2)C2(O)C[C@@]3(OC(=O)[C@H](O)C(NC(=O)OC(C)(C)C)c4ccccc4)C(C)=C1C23C. The summed E-state index contributed by atoms with van der Waals surface area (Å²) in [6.45, 7) is 12.4. The number of fused-ring (bicyclic) bond motifs is 3. The van der Waals surface area contributed by atoms with E-state index in [2.05, 4.69) is 60.8 Å². The van der Waals surface area contributed by atoms with Crippen LogP contribution < -0.4 is 5.32 Å². The van der Waals surface area contributed by atoms with Gasteiger partial charge in [0.1, 0.15) is 29.0 Å². The fourth-order valence-corrected chi connectivity index (χ4v) is 12.5. The van der Waals surface area contributed by atoms with Crippen LogP contribution >= 0.6 is 0 Å². The van der Waals surface area contributed by atoms with E-state index in [1.54, 1.807) is 76.2 Å². The minimum absolute atomic E-state index is 0.0356. The molecule has 0 bridgehead atoms. The third-order valence-electron chi connectivity index (χ3n) is 16.5. The molecule has 16 heteroatoms. The molecule has 1 amide bonds. The second-order valence-electron chi connectivity index (χ2n) is 22.7. The van der Waals surface area contributed by atoms with Gasteiger partial charge >= 0.3 is 30.0 Å². The van der Waals surface area contributed by atoms with Crippen molar-refractivity contribution in [2.75, 3.05) is 6.61 Å². The Labute approximate surface area is 469 Å². The predicted molar refractivity (Wildman–Crippen MR) is 298 cm³/mol. The number of amides is 1. The molecule has 1 saturated heterocycles. The lowest BCUT2D eigenvalue weighted by Gasteiger charge is -2.78. The van der Waals surface area contributed by atoms with E-state index < -0.39 is 118 Å². The molecule has 3 saturated carbocycles. The minimum Gasteiger partial charge on any atom is -0.455 e. The van der Waals surface area contributed by atoms with Crippen molar-refractivity contribution in [3.63, 3.8) is 0 Å². The van der Waals surface area contributed by atoms with Crippen molar-refractivity contribution in [2.24, 2.45) is 16.7 Å². The number of alkyl carbamates (subject to hydrolysis) is 1. The molecule has 7 rings (SSSR count). The monoisotopic (exact) mass is 1100 g/mol. The molecular formula is C64H79NO15. The van der Waals surface area contributed by atoms with Gasteiger partial charge in [-0.25, -0.2) is 14.4 Å². The molecule has 5 aliphatic rings. The molecule has 4 aliphatic carbocycles. The van der Waals surface area contributed by atoms with Crippen molar-refractivity contribution in [3.05, 3.63) is 156 Å². The number of carbonyl (C=O) groups excluding carboxylic acids is 6. The molecule has 5 unspecified atom stereocenters. The van der Waals surface area contributed by atoms with E-state index in [0.717, 1.165) is 39.0 Å². The Morgan fingerprint density at radius 2 is 1.35 bits per heavy atom. The van der Waals surface area contributed by atoms with E-state index in [-0.39, 0.29) is 42.6 Å². The zero-order chi connectivity index (χ0) is 58.1. The summed E-state index contributed by atoms with van der Waals surface area (Å²) in [5, 5.41) is 40.6. The highest BCUT2D eigenvalue weighted by Crippen LogP contribution is 2.78. The molecule has 80 heavy (non-hydrogen) atoms. The number of ether oxygens (including phenoxy) is 6. The van der Waals surface area contributed by atoms with Crippen LogP contribution in [0.4, 0.5) is 4.79 Å². The molecule has 2 aromatic rings. The van der Waals surface area contributed by atoms with Crippen LogP contribution in [0.15, 0.2) is 145 Å². The summed E-state index contributed by atoms with van der Waals surface area (Å²) in [5.41, 5.74) is -10.4. The number of aliphatic hydroxyl groups is 3. The molecule has 4 fully saturated rings. The maximum Gasteiger partial charge on any atom is 0.408 e. The van der Waals surface area contributed by atoms with Gasteiger partial charge in [-0.15, -0.1) is 0 Å². The Morgan fingerprint density at radius 3 is 1.88 bits per heavy atom. The van der Waals surface area contributed by atoms with Crippen LogP contribution in [0.25, 0.3) is 0 Å². The van der Waals surface area contributed by atoms with Gasteiger partial charge in [0.15, 0.2) is 23.6 Å². The smallest absolute Gasteiger partial charge is 0.408 e. The van der Waals surface area contributed by atoms with Crippen molar-refractivity contribution >= 4 is 35.8 Å². The molecule has 0 aromatic heterocycles. The van der Waals surface area contributed by atoms with Gasteiger partial charge in [0.2, 0.25) is 0 Å². The number of Topliss-reactive ketones (excluding diaryl/α,β-unsaturated/α-hetero) is 1. The summed E-state index contributed by atoms with van der Waals surface area (Å²) < 4.78 is 36.7. The lowest BCUT2D eigenvalue weighted by atomic mass is 9.30. The standard InChI is InChI=1S/C64H79NO15/c1-9-10-11-12-13-14-15-16-17-18-19-20-21-22-23-24-25-26-33-38-48(68)76-52-49-42(2)64(79-57(72)51(69)50(44-34-29-27-30-35-44)65-58(73)80-59(4,5)6)40-63(74,61(49,64)8)55(77-56(71)45-36-31-28-32-37-45)53-60(7,54(52)70)46(67)39-47-62(53,41-75-47)78-43(3)66/h10-11,13-14,16-17,19-20,22-23,25-32,34-37,46-47,50-53,55,67,69,74H,9,12,15,18,21,24,33,38-41H2,1-8H3,(H,65,73)/b11-10-,14-13-,17-16-,20-19-,23-22-,26-25-/t46?,47-,50?,51-,52?,53+,55+,60+,61?,62+,63?,64-/m1/s1. The van der Waals surface area contributed by atoms with Crippen molar-refractivity contribution in [1.29, 1.82) is 0 Å². The number of nitrogens with one attached hydrogen (secondary N) is 1. The van der Waals surface area contributed by atoms with Crippen molar-refractivity contribution in [2.45, 2.75) is 179 Å². The molecular weight excluding hydrogens is 1020 g/mol. The van der Waals surface area contributed by atoms with E-state index in [1.165, 1.54) is 26.0 Å². The molecule has 2 aromatic carbocycles. The number of allylic oxidation sites excluding steroid dienone is 12. The van der Waals surface area contributed by atoms with Gasteiger partial charge in [0, 0.05) is 26.2 Å². The van der Waals surface area contributed by atoms with Crippen LogP contribution in [0.5, 0.6) is 0 Å². The van der Waals surface area contributed by atoms with E-state index in [4.69, 9.17) is 28.4 Å². The Morgan fingerprint density at radius 1 is 0.800 bits per heavy atom. The molecule has 430 valence electrons. The number of esters is 4. The number of benzene rings is 2. The zero-order valence-corrected chi connectivity index (χ0v) is 47.3. The first kappa shape index (κ1) is 60.9. The van der Waals surface area contributed by atoms with Crippen LogP contribution in [0.3, 0.4) is 0 Å². The molecule has 0 spiro atoms. The average molecular weight is 1100 g/mol. The summed E-state index contributed by atoms with van der Waals surface area (Å²) in [6, 6.07) is 14.7. The van der Waals surface area contributed by atoms with E-state index in [0.29, 0.717) is 12.0 Å². The van der Waals surface area contributed by atoms with Gasteiger partial charge in [0.25, 0.3) is 0 Å². The molecule has 16 nitrogen and oxygen atoms in total. The number of hydrogen-bond donors (Lipinski definition) is 4. The Hall–Kier alpha value is -6.72. The Bertz CT molecular complexity index is 2810. The molecule has 12 atom stereocenters. The van der Waals surface area contributed by atoms with E-state index >= 15 is 4.79 Å². The van der Waals surface area contributed by atoms with Gasteiger partial charge in [-0.05, 0) is 115 Å². The first-order valence-corrected chi connectivity index (χ1v) is 27.8. The Balaban J connectivity index is 1.18. The molecule has 4 N–H and O–H groups in total. The van der Waals surface area contributed by atoms with Crippen LogP contribution in [0.1, 0.15) is 142 Å². The second-order valence-corrected chi connectivity index (χ2v) is 22.7. The number of hydrogen-bond acceptors (Lipinski definition) is 15. The lowest BCUT2D eigenvalue weighted by Crippen LogP contribution is -2.90. The van der Waals surface area contributed by atoms with Crippen LogP contribution in [0, 0.1) is 16.7 Å². The number of ketones is 1. The molecule has 0 radical (unpaired) electrons. The van der Waals surface area contributed by atoms with Crippen molar-refractivity contribution in [3.8, 4) is 0 Å². The fourth-order valence-electron chi connectivity index (χ4n) is 12.5. The topological polar surface area (TPSA) is 231 Å². The first-order valence-electron chi connectivity index (χ1n) is 27.8. The molecule has 1 heterocycles. The largest absolute Gasteiger partial charge is 0.455 e. The predicted octanol–water partition coefficient (Wildman–Crippen LogP) is 9.65. The van der Waals surface area contributed by atoms with E-state index in [1.807, 2.05) is 24.3 Å². The molecule has 1 aliphatic heterocycles. The Kier molecular flexibility index (Phi) is 19.3. The summed E-state index contributed by atoms with van der Waals surface area (Å²) in [4.78, 5) is 85.6. The summed E-state index contributed by atoms with van der Waals surface area (Å²) >= 11 is 0. The van der Waals surface area contributed by atoms with Gasteiger partial charge < -0.3 is 49.1 Å². The highest BCUT2D eigenvalue weighted by molar-refractivity contribution is 5.97. The average Bonchev–Trinajstić information content (AvgIpc) is 3.55. The highest BCUT2D eigenvalue weighted by atomic mass is 16.6. The third kappa shape index (κ3) is 12.0. The van der Waals surface area contributed by atoms with E-state index in [9.17, 15) is 39.3 Å². The fraction of sp³-hybridized carbons (Fsp3) is 0.500. The van der Waals surface area contributed by atoms with Crippen LogP contribution in [0.2, 0.25) is 0 Å². The normalized spacial score (nSPS) is 30.6. The van der Waals surface area contributed by atoms with Gasteiger partial charge in [-0.2, -0.15) is 0 Å². The van der Waals surface area contributed by atoms with Crippen LogP contribution in [-0.4, -0.2) is 111 Å². The third-order valence-corrected chi connectivity index (χ3v) is 16.5. The van der Waals surface area contributed by atoms with Crippen molar-refractivity contribution < 1.29 is 72.5 Å². The van der Waals surface area contributed by atoms with Gasteiger partial charge in [0.05, 0.1) is 41.1 Å².